The molecule has 0 saturated carbocycles. The van der Waals surface area contributed by atoms with Gasteiger partial charge in [0.05, 0.1) is 35.1 Å². The van der Waals surface area contributed by atoms with E-state index in [-0.39, 0.29) is 35.8 Å². The lowest BCUT2D eigenvalue weighted by Crippen LogP contribution is -2.44. The highest BCUT2D eigenvalue weighted by Gasteiger charge is 2.39. The fourth-order valence-electron chi connectivity index (χ4n) is 5.56. The van der Waals surface area contributed by atoms with Crippen molar-refractivity contribution in [3.63, 3.8) is 0 Å². The number of nitriles is 1. The van der Waals surface area contributed by atoms with Crippen molar-refractivity contribution in [2.75, 3.05) is 6.54 Å². The van der Waals surface area contributed by atoms with Gasteiger partial charge in [-0.2, -0.15) is 19.1 Å². The number of hydrogen-bond donors (Lipinski definition) is 1. The first-order chi connectivity index (χ1) is 18.6. The fourth-order valence-corrected chi connectivity index (χ4v) is 5.81. The zero-order valence-electron chi connectivity index (χ0n) is 21.7. The molecule has 0 saturated heterocycles. The van der Waals surface area contributed by atoms with E-state index in [2.05, 4.69) is 10.8 Å². The molecular weight excluding hydrogens is 528 g/mol. The Labute approximate surface area is 230 Å². The third-order valence-corrected chi connectivity index (χ3v) is 8.07. The number of ether oxygens (including phenoxy) is 1. The van der Waals surface area contributed by atoms with E-state index in [0.717, 1.165) is 16.8 Å². The second kappa shape index (κ2) is 10.6. The van der Waals surface area contributed by atoms with E-state index < -0.39 is 12.8 Å². The number of aliphatic hydroxyl groups is 1. The lowest BCUT2D eigenvalue weighted by atomic mass is 9.95. The number of aromatic nitrogens is 2. The van der Waals surface area contributed by atoms with E-state index in [1.54, 1.807) is 36.1 Å². The topological polar surface area (TPSA) is 94.6 Å². The second-order valence-electron chi connectivity index (χ2n) is 9.96. The molecule has 3 atom stereocenters. The molecule has 2 aromatic carbocycles. The fraction of sp³-hybridized carbons (Fsp3) is 0.393. The summed E-state index contributed by atoms with van der Waals surface area (Å²) in [7, 11) is 0. The standard InChI is InChI=1S/C28H28ClF2N5O3/c1-15-12-24-22(14-35(15)26(37)20-8-9-23(29)21(13-32)16(20)2)25-27(38)34(10-11-36(25)33-24)17(3)18-4-6-19(7-5-18)39-28(30)31/h4-9,15,17,27-28,38H,10-12,14H2,1-3H3/t15-,17?,27?/m1/s1. The average molecular weight is 556 g/mol. The van der Waals surface area contributed by atoms with E-state index in [9.17, 15) is 23.9 Å². The number of rotatable bonds is 5. The Kier molecular flexibility index (Phi) is 7.33. The van der Waals surface area contributed by atoms with Crippen molar-refractivity contribution in [1.82, 2.24) is 19.6 Å². The minimum atomic E-state index is -2.89. The third-order valence-electron chi connectivity index (χ3n) is 7.76. The SMILES string of the molecule is Cc1c(C(=O)N2Cc3c(nn4c3C(O)N(C(C)c3ccc(OC(F)F)cc3)CC4)C[C@H]2C)ccc(Cl)c1C#N. The highest BCUT2D eigenvalue weighted by Crippen LogP contribution is 2.38. The van der Waals surface area contributed by atoms with Crippen LogP contribution in [0.15, 0.2) is 36.4 Å². The summed E-state index contributed by atoms with van der Waals surface area (Å²) in [6, 6.07) is 11.3. The monoisotopic (exact) mass is 555 g/mol. The summed E-state index contributed by atoms with van der Waals surface area (Å²) in [4.78, 5) is 17.3. The number of amides is 1. The van der Waals surface area contributed by atoms with Crippen molar-refractivity contribution in [2.45, 2.75) is 65.2 Å². The second-order valence-corrected chi connectivity index (χ2v) is 10.4. The van der Waals surface area contributed by atoms with Crippen LogP contribution in [0.1, 0.15) is 70.1 Å². The summed E-state index contributed by atoms with van der Waals surface area (Å²) in [6.45, 7) is 4.09. The van der Waals surface area contributed by atoms with Gasteiger partial charge in [-0.25, -0.2) is 0 Å². The Hall–Kier alpha value is -3.52. The van der Waals surface area contributed by atoms with Crippen LogP contribution < -0.4 is 4.74 Å². The van der Waals surface area contributed by atoms with Crippen LogP contribution in [-0.2, 0) is 19.5 Å². The van der Waals surface area contributed by atoms with Crippen molar-refractivity contribution in [1.29, 1.82) is 5.26 Å². The van der Waals surface area contributed by atoms with E-state index in [0.29, 0.717) is 41.4 Å². The number of halogens is 3. The van der Waals surface area contributed by atoms with Gasteiger partial charge in [-0.3, -0.25) is 14.4 Å². The van der Waals surface area contributed by atoms with Crippen LogP contribution in [0, 0.1) is 18.3 Å². The van der Waals surface area contributed by atoms with E-state index in [1.165, 1.54) is 12.1 Å². The molecule has 2 aliphatic heterocycles. The molecular formula is C28H28ClF2N5O3. The van der Waals surface area contributed by atoms with Crippen LogP contribution in [0.4, 0.5) is 8.78 Å². The van der Waals surface area contributed by atoms with Crippen molar-refractivity contribution in [3.05, 3.63) is 80.6 Å². The molecule has 204 valence electrons. The number of carbonyl (C=O) groups excluding carboxylic acids is 1. The number of hydrogen-bond acceptors (Lipinski definition) is 6. The highest BCUT2D eigenvalue weighted by molar-refractivity contribution is 6.32. The first-order valence-corrected chi connectivity index (χ1v) is 13.1. The minimum absolute atomic E-state index is 0.0731. The van der Waals surface area contributed by atoms with Crippen LogP contribution in [-0.4, -0.2) is 49.8 Å². The molecule has 0 bridgehead atoms. The molecule has 5 rings (SSSR count). The smallest absolute Gasteiger partial charge is 0.387 e. The summed E-state index contributed by atoms with van der Waals surface area (Å²) in [5.41, 5.74) is 4.40. The minimum Gasteiger partial charge on any atom is -0.435 e. The zero-order chi connectivity index (χ0) is 28.0. The van der Waals surface area contributed by atoms with E-state index in [4.69, 9.17) is 16.7 Å². The summed E-state index contributed by atoms with van der Waals surface area (Å²) < 4.78 is 31.3. The molecule has 39 heavy (non-hydrogen) atoms. The van der Waals surface area contributed by atoms with Gasteiger partial charge in [0.1, 0.15) is 11.8 Å². The Balaban J connectivity index is 1.41. The van der Waals surface area contributed by atoms with E-state index in [1.807, 2.05) is 23.4 Å². The number of nitrogens with zero attached hydrogens (tertiary/aromatic N) is 5. The highest BCUT2D eigenvalue weighted by atomic mass is 35.5. The van der Waals surface area contributed by atoms with E-state index >= 15 is 0 Å². The van der Waals surface area contributed by atoms with Crippen LogP contribution in [0.5, 0.6) is 5.75 Å². The first-order valence-electron chi connectivity index (χ1n) is 12.7. The number of aliphatic hydroxyl groups excluding tert-OH is 1. The molecule has 2 unspecified atom stereocenters. The molecule has 0 radical (unpaired) electrons. The molecule has 1 amide bonds. The third kappa shape index (κ3) is 4.86. The molecule has 11 heteroatoms. The van der Waals surface area contributed by atoms with Gasteiger partial charge >= 0.3 is 6.61 Å². The van der Waals surface area contributed by atoms with Crippen LogP contribution in [0.2, 0.25) is 5.02 Å². The van der Waals surface area contributed by atoms with Crippen molar-refractivity contribution >= 4 is 17.5 Å². The lowest BCUT2D eigenvalue weighted by molar-refractivity contribution is -0.0503. The van der Waals surface area contributed by atoms with Gasteiger partial charge in [0.2, 0.25) is 0 Å². The summed E-state index contributed by atoms with van der Waals surface area (Å²) in [6.07, 6.45) is -0.443. The zero-order valence-corrected chi connectivity index (χ0v) is 22.5. The predicted molar refractivity (Wildman–Crippen MR) is 139 cm³/mol. The summed E-state index contributed by atoms with van der Waals surface area (Å²) in [5.74, 6) is -0.135. The number of carbonyl (C=O) groups is 1. The van der Waals surface area contributed by atoms with Gasteiger partial charge in [0.15, 0.2) is 6.23 Å². The summed E-state index contributed by atoms with van der Waals surface area (Å²) >= 11 is 6.15. The Morgan fingerprint density at radius 3 is 2.62 bits per heavy atom. The number of alkyl halides is 2. The summed E-state index contributed by atoms with van der Waals surface area (Å²) in [5, 5.41) is 26.1. The number of benzene rings is 2. The molecule has 3 aromatic rings. The van der Waals surface area contributed by atoms with Crippen LogP contribution >= 0.6 is 11.6 Å². The quantitative estimate of drug-likeness (QED) is 0.477. The van der Waals surface area contributed by atoms with Crippen molar-refractivity contribution < 1.29 is 23.4 Å². The average Bonchev–Trinajstić information content (AvgIpc) is 3.26. The molecule has 0 spiro atoms. The van der Waals surface area contributed by atoms with Gasteiger partial charge < -0.3 is 14.7 Å². The maximum Gasteiger partial charge on any atom is 0.387 e. The lowest BCUT2D eigenvalue weighted by Gasteiger charge is -2.39. The van der Waals surface area contributed by atoms with Crippen LogP contribution in [0.3, 0.4) is 0 Å². The molecule has 0 fully saturated rings. The molecule has 2 aliphatic rings. The Bertz CT molecular complexity index is 1450. The van der Waals surface area contributed by atoms with Gasteiger partial charge in [-0.1, -0.05) is 23.7 Å². The maximum absolute atomic E-state index is 13.7. The van der Waals surface area contributed by atoms with Gasteiger partial charge in [0, 0.05) is 36.2 Å². The molecule has 8 nitrogen and oxygen atoms in total. The molecule has 3 heterocycles. The molecule has 0 aliphatic carbocycles. The van der Waals surface area contributed by atoms with Gasteiger partial charge in [0.25, 0.3) is 5.91 Å². The molecule has 1 aromatic heterocycles. The van der Waals surface area contributed by atoms with Crippen molar-refractivity contribution in [2.24, 2.45) is 0 Å². The molecule has 1 N–H and O–H groups in total. The maximum atomic E-state index is 13.7. The first kappa shape index (κ1) is 27.1. The largest absolute Gasteiger partial charge is 0.435 e. The number of fused-ring (bicyclic) bond motifs is 3. The predicted octanol–water partition coefficient (Wildman–Crippen LogP) is 4.97. The Morgan fingerprint density at radius 1 is 1.23 bits per heavy atom. The normalized spacial score (nSPS) is 19.8. The van der Waals surface area contributed by atoms with Gasteiger partial charge in [-0.05, 0) is 56.2 Å². The Morgan fingerprint density at radius 2 is 1.95 bits per heavy atom. The van der Waals surface area contributed by atoms with Crippen molar-refractivity contribution in [3.8, 4) is 11.8 Å². The van der Waals surface area contributed by atoms with Gasteiger partial charge in [-0.15, -0.1) is 0 Å². The van der Waals surface area contributed by atoms with Crippen LogP contribution in [0.25, 0.3) is 0 Å².